The Morgan fingerprint density at radius 3 is 2.30 bits per heavy atom. The summed E-state index contributed by atoms with van der Waals surface area (Å²) in [5.41, 5.74) is 3.67. The average Bonchev–Trinajstić information content (AvgIpc) is 3.00. The maximum absolute atomic E-state index is 13.5. The molecule has 1 heterocycles. The quantitative estimate of drug-likeness (QED) is 0.118. The Labute approximate surface area is 256 Å². The fourth-order valence-electron chi connectivity index (χ4n) is 4.38. The number of phenols is 1. The highest BCUT2D eigenvalue weighted by atomic mass is 32.2. The Bertz CT molecular complexity index is 1900. The highest BCUT2D eigenvalue weighted by molar-refractivity contribution is 7.92. The molecule has 0 radical (unpaired) electrons. The molecule has 0 aliphatic carbocycles. The molecule has 4 aromatic carbocycles. The number of carbonyl (C=O) groups is 1. The number of nitrogens with zero attached hydrogens (tertiary/aromatic N) is 2. The van der Waals surface area contributed by atoms with Crippen LogP contribution in [0.1, 0.15) is 19.9 Å². The summed E-state index contributed by atoms with van der Waals surface area (Å²) >= 11 is 0. The van der Waals surface area contributed by atoms with Crippen LogP contribution in [-0.4, -0.2) is 43.1 Å². The first kappa shape index (κ1) is 31.6. The van der Waals surface area contributed by atoms with Crippen molar-refractivity contribution >= 4 is 55.7 Å². The van der Waals surface area contributed by atoms with Crippen LogP contribution in [0, 0.1) is 0 Å². The van der Waals surface area contributed by atoms with E-state index < -0.39 is 10.0 Å². The van der Waals surface area contributed by atoms with Gasteiger partial charge in [0.25, 0.3) is 10.0 Å². The highest BCUT2D eigenvalue weighted by Gasteiger charge is 2.20. The molecule has 0 saturated carbocycles. The molecule has 44 heavy (non-hydrogen) atoms. The van der Waals surface area contributed by atoms with Gasteiger partial charge in [-0.05, 0) is 48.4 Å². The van der Waals surface area contributed by atoms with Crippen LogP contribution in [0.3, 0.4) is 0 Å². The molecular weight excluding hydrogens is 580 g/mol. The van der Waals surface area contributed by atoms with E-state index in [0.717, 1.165) is 17.7 Å². The number of anilines is 5. The minimum atomic E-state index is -4.17. The molecule has 0 bridgehead atoms. The van der Waals surface area contributed by atoms with E-state index in [1.54, 1.807) is 36.4 Å². The molecule has 0 fully saturated rings. The molecule has 0 saturated heterocycles. The number of hydrogen-bond donors (Lipinski definition) is 5. The zero-order chi connectivity index (χ0) is 30.4. The maximum atomic E-state index is 13.5. The summed E-state index contributed by atoms with van der Waals surface area (Å²) < 4.78 is 34.8. The van der Waals surface area contributed by atoms with E-state index in [0.29, 0.717) is 28.2 Å². The molecule has 228 valence electrons. The number of fused-ring (bicyclic) bond motifs is 1. The number of nitrogens with one attached hydrogen (secondary N) is 4. The highest BCUT2D eigenvalue weighted by Crippen LogP contribution is 2.31. The molecule has 0 aliphatic rings. The molecule has 12 heteroatoms. The molecule has 0 unspecified atom stereocenters. The van der Waals surface area contributed by atoms with Gasteiger partial charge in [-0.1, -0.05) is 50.7 Å². The van der Waals surface area contributed by atoms with Gasteiger partial charge in [-0.15, -0.1) is 0 Å². The number of methoxy groups -OCH3 is 1. The van der Waals surface area contributed by atoms with Gasteiger partial charge in [0.05, 0.1) is 29.6 Å². The Morgan fingerprint density at radius 1 is 0.864 bits per heavy atom. The molecule has 1 aromatic heterocycles. The van der Waals surface area contributed by atoms with Crippen molar-refractivity contribution in [3.8, 4) is 11.5 Å². The molecule has 1 amide bonds. The lowest BCUT2D eigenvalue weighted by Gasteiger charge is -2.15. The molecule has 5 rings (SSSR count). The first-order valence-electron chi connectivity index (χ1n) is 13.4. The van der Waals surface area contributed by atoms with Gasteiger partial charge in [0.2, 0.25) is 5.91 Å². The largest absolute Gasteiger partial charge is 0.508 e. The van der Waals surface area contributed by atoms with E-state index in [-0.39, 0.29) is 42.2 Å². The van der Waals surface area contributed by atoms with E-state index in [9.17, 15) is 18.3 Å². The van der Waals surface area contributed by atoms with Crippen LogP contribution in [0.25, 0.3) is 11.0 Å². The molecule has 11 nitrogen and oxygen atoms in total. The summed E-state index contributed by atoms with van der Waals surface area (Å²) in [6, 6.07) is 25.2. The SMILES string of the molecule is C.CCc1ccccc1NCC(=O)Nc1cccc(S(=O)(=O)Nc2nc3ccccc3nc2Nc2cc(O)cc(OC)c2)c1. The summed E-state index contributed by atoms with van der Waals surface area (Å²) in [5.74, 6) is 0.0530. The number of aromatic nitrogens is 2. The van der Waals surface area contributed by atoms with Crippen molar-refractivity contribution < 1.29 is 23.1 Å². The van der Waals surface area contributed by atoms with Crippen LogP contribution in [0.2, 0.25) is 0 Å². The molecule has 5 N–H and O–H groups in total. The van der Waals surface area contributed by atoms with Gasteiger partial charge in [0.15, 0.2) is 11.6 Å². The molecule has 5 aromatic rings. The lowest BCUT2D eigenvalue weighted by molar-refractivity contribution is -0.114. The summed E-state index contributed by atoms with van der Waals surface area (Å²) in [5, 5.41) is 19.0. The smallest absolute Gasteiger partial charge is 0.263 e. The number of amides is 1. The fourth-order valence-corrected chi connectivity index (χ4v) is 5.43. The predicted octanol–water partition coefficient (Wildman–Crippen LogP) is 6.14. The number of rotatable bonds is 11. The minimum absolute atomic E-state index is 0. The van der Waals surface area contributed by atoms with Gasteiger partial charge in [-0.25, -0.2) is 18.4 Å². The third kappa shape index (κ3) is 7.53. The third-order valence-corrected chi connectivity index (χ3v) is 7.79. The number of para-hydroxylation sites is 3. The summed E-state index contributed by atoms with van der Waals surface area (Å²) in [6.45, 7) is 2.04. The van der Waals surface area contributed by atoms with Crippen LogP contribution >= 0.6 is 0 Å². The zero-order valence-electron chi connectivity index (χ0n) is 23.5. The van der Waals surface area contributed by atoms with Gasteiger partial charge in [-0.3, -0.25) is 9.52 Å². The van der Waals surface area contributed by atoms with E-state index in [4.69, 9.17) is 4.74 Å². The fraction of sp³-hybridized carbons (Fsp3) is 0.156. The number of benzene rings is 4. The van der Waals surface area contributed by atoms with E-state index in [2.05, 4.69) is 30.6 Å². The number of hydrogen-bond acceptors (Lipinski definition) is 9. The van der Waals surface area contributed by atoms with Crippen molar-refractivity contribution in [2.24, 2.45) is 0 Å². The predicted molar refractivity (Wildman–Crippen MR) is 174 cm³/mol. The Morgan fingerprint density at radius 2 is 1.57 bits per heavy atom. The van der Waals surface area contributed by atoms with E-state index >= 15 is 0 Å². The first-order valence-corrected chi connectivity index (χ1v) is 14.9. The minimum Gasteiger partial charge on any atom is -0.508 e. The van der Waals surface area contributed by atoms with E-state index in [1.807, 2.05) is 31.2 Å². The second-order valence-electron chi connectivity index (χ2n) is 9.50. The van der Waals surface area contributed by atoms with Gasteiger partial charge in [0.1, 0.15) is 11.5 Å². The first-order chi connectivity index (χ1) is 20.7. The standard InChI is InChI=1S/C31H30N6O5S.CH4/c1-3-20-9-4-5-12-26(20)32-19-29(39)33-21-10-8-11-25(17-21)43(40,41)37-31-30(35-27-13-6-7-14-28(27)36-31)34-22-15-23(38)18-24(16-22)42-2;/h4-18,32,38H,3,19H2,1-2H3,(H,33,39)(H,34,35)(H,36,37);1H4. The van der Waals surface area contributed by atoms with Gasteiger partial charge in [0, 0.05) is 35.3 Å². The number of aromatic hydroxyl groups is 1. The number of ether oxygens (including phenoxy) is 1. The van der Waals surface area contributed by atoms with Crippen LogP contribution in [-0.2, 0) is 21.2 Å². The molecule has 0 atom stereocenters. The van der Waals surface area contributed by atoms with Crippen molar-refractivity contribution in [2.45, 2.75) is 25.7 Å². The number of sulfonamides is 1. The van der Waals surface area contributed by atoms with Crippen molar-refractivity contribution in [3.63, 3.8) is 0 Å². The van der Waals surface area contributed by atoms with Crippen LogP contribution in [0.4, 0.5) is 28.7 Å². The summed E-state index contributed by atoms with van der Waals surface area (Å²) in [6.07, 6.45) is 0.818. The van der Waals surface area contributed by atoms with Gasteiger partial charge >= 0.3 is 0 Å². The van der Waals surface area contributed by atoms with Crippen LogP contribution in [0.5, 0.6) is 11.5 Å². The van der Waals surface area contributed by atoms with Crippen molar-refractivity contribution in [1.29, 1.82) is 0 Å². The monoisotopic (exact) mass is 614 g/mol. The Balaban J connectivity index is 0.00000442. The van der Waals surface area contributed by atoms with Crippen molar-refractivity contribution in [1.82, 2.24) is 9.97 Å². The lowest BCUT2D eigenvalue weighted by Crippen LogP contribution is -2.22. The lowest BCUT2D eigenvalue weighted by atomic mass is 10.1. The van der Waals surface area contributed by atoms with E-state index in [1.165, 1.54) is 37.4 Å². The normalized spacial score (nSPS) is 10.9. The number of carbonyl (C=O) groups excluding carboxylic acids is 1. The van der Waals surface area contributed by atoms with Crippen LogP contribution in [0.15, 0.2) is 95.9 Å². The Hall–Kier alpha value is -5.36. The average molecular weight is 615 g/mol. The Kier molecular flexibility index (Phi) is 9.86. The van der Waals surface area contributed by atoms with Crippen molar-refractivity contribution in [2.75, 3.05) is 34.3 Å². The van der Waals surface area contributed by atoms with Crippen LogP contribution < -0.4 is 25.4 Å². The molecule has 0 aliphatic heterocycles. The third-order valence-electron chi connectivity index (χ3n) is 6.46. The molecular formula is C32H34N6O5S. The maximum Gasteiger partial charge on any atom is 0.263 e. The topological polar surface area (TPSA) is 155 Å². The van der Waals surface area contributed by atoms with Gasteiger partial charge < -0.3 is 25.8 Å². The van der Waals surface area contributed by atoms with Gasteiger partial charge in [-0.2, -0.15) is 0 Å². The zero-order valence-corrected chi connectivity index (χ0v) is 24.3. The van der Waals surface area contributed by atoms with Crippen molar-refractivity contribution in [3.05, 3.63) is 96.6 Å². The number of phenolic OH excluding ortho intramolecular Hbond substituents is 1. The number of aryl methyl sites for hydroxylation is 1. The molecule has 0 spiro atoms. The summed E-state index contributed by atoms with van der Waals surface area (Å²) in [7, 11) is -2.71. The second-order valence-corrected chi connectivity index (χ2v) is 11.2. The summed E-state index contributed by atoms with van der Waals surface area (Å²) in [4.78, 5) is 21.6. The second kappa shape index (κ2) is 13.7.